The van der Waals surface area contributed by atoms with Crippen molar-refractivity contribution in [2.24, 2.45) is 0 Å². The molecule has 0 spiro atoms. The van der Waals surface area contributed by atoms with E-state index in [1.54, 1.807) is 24.1 Å². The van der Waals surface area contributed by atoms with Crippen LogP contribution in [-0.2, 0) is 0 Å². The van der Waals surface area contributed by atoms with Gasteiger partial charge in [-0.25, -0.2) is 4.68 Å². The highest BCUT2D eigenvalue weighted by Crippen LogP contribution is 2.14. The molecule has 2 aromatic rings. The Bertz CT molecular complexity index is 484. The van der Waals surface area contributed by atoms with Crippen molar-refractivity contribution in [3.05, 3.63) is 36.7 Å². The third kappa shape index (κ3) is 2.07. The Labute approximate surface area is 93.1 Å². The van der Waals surface area contributed by atoms with E-state index in [0.29, 0.717) is 5.46 Å². The SMILES string of the molecule is COc1cccc(-n2cc(B(O)O)cn2)c1. The topological polar surface area (TPSA) is 67.5 Å². The molecule has 0 fully saturated rings. The van der Waals surface area contributed by atoms with Crippen molar-refractivity contribution < 1.29 is 14.8 Å². The summed E-state index contributed by atoms with van der Waals surface area (Å²) in [5.41, 5.74) is 1.15. The van der Waals surface area contributed by atoms with Gasteiger partial charge in [0, 0.05) is 23.9 Å². The second-order valence-corrected chi connectivity index (χ2v) is 3.29. The summed E-state index contributed by atoms with van der Waals surface area (Å²) in [5.74, 6) is 0.721. The summed E-state index contributed by atoms with van der Waals surface area (Å²) in [7, 11) is 0.0878. The first-order valence-corrected chi connectivity index (χ1v) is 4.76. The Balaban J connectivity index is 2.34. The lowest BCUT2D eigenvalue weighted by molar-refractivity contribution is 0.414. The maximum atomic E-state index is 8.96. The number of methoxy groups -OCH3 is 1. The van der Waals surface area contributed by atoms with E-state index in [4.69, 9.17) is 14.8 Å². The van der Waals surface area contributed by atoms with Crippen LogP contribution in [0.5, 0.6) is 5.75 Å². The molecule has 0 saturated heterocycles. The zero-order valence-electron chi connectivity index (χ0n) is 8.74. The number of hydrogen-bond acceptors (Lipinski definition) is 4. The average molecular weight is 218 g/mol. The number of nitrogens with zero attached hydrogens (tertiary/aromatic N) is 2. The summed E-state index contributed by atoms with van der Waals surface area (Å²) in [6.07, 6.45) is 2.96. The van der Waals surface area contributed by atoms with Crippen LogP contribution in [0.25, 0.3) is 5.69 Å². The Morgan fingerprint density at radius 2 is 2.19 bits per heavy atom. The van der Waals surface area contributed by atoms with Gasteiger partial charge in [0.15, 0.2) is 0 Å². The minimum Gasteiger partial charge on any atom is -0.497 e. The van der Waals surface area contributed by atoms with Crippen molar-refractivity contribution in [2.45, 2.75) is 0 Å². The van der Waals surface area contributed by atoms with E-state index < -0.39 is 7.12 Å². The molecule has 16 heavy (non-hydrogen) atoms. The smallest absolute Gasteiger partial charge is 0.491 e. The van der Waals surface area contributed by atoms with Crippen molar-refractivity contribution in [1.82, 2.24) is 9.78 Å². The van der Waals surface area contributed by atoms with Gasteiger partial charge in [0.2, 0.25) is 0 Å². The minimum absolute atomic E-state index is 0.350. The highest BCUT2D eigenvalue weighted by atomic mass is 16.5. The normalized spacial score (nSPS) is 10.2. The maximum absolute atomic E-state index is 8.96. The van der Waals surface area contributed by atoms with Gasteiger partial charge in [-0.3, -0.25) is 0 Å². The predicted molar refractivity (Wildman–Crippen MR) is 59.9 cm³/mol. The van der Waals surface area contributed by atoms with Gasteiger partial charge in [-0.1, -0.05) is 6.07 Å². The fourth-order valence-corrected chi connectivity index (χ4v) is 1.36. The third-order valence-electron chi connectivity index (χ3n) is 2.22. The summed E-state index contributed by atoms with van der Waals surface area (Å²) in [6.45, 7) is 0. The molecule has 1 aromatic heterocycles. The number of ether oxygens (including phenoxy) is 1. The summed E-state index contributed by atoms with van der Waals surface area (Å²) in [5, 5.41) is 21.9. The largest absolute Gasteiger partial charge is 0.497 e. The van der Waals surface area contributed by atoms with Crippen molar-refractivity contribution in [1.29, 1.82) is 0 Å². The van der Waals surface area contributed by atoms with Crippen molar-refractivity contribution in [3.8, 4) is 11.4 Å². The lowest BCUT2D eigenvalue weighted by Gasteiger charge is -2.03. The van der Waals surface area contributed by atoms with Gasteiger partial charge in [0.1, 0.15) is 5.75 Å². The van der Waals surface area contributed by atoms with Crippen LogP contribution in [0.1, 0.15) is 0 Å². The van der Waals surface area contributed by atoms with E-state index in [1.165, 1.54) is 6.20 Å². The molecule has 0 aliphatic heterocycles. The van der Waals surface area contributed by atoms with Crippen LogP contribution in [0.3, 0.4) is 0 Å². The van der Waals surface area contributed by atoms with Crippen molar-refractivity contribution in [3.63, 3.8) is 0 Å². The van der Waals surface area contributed by atoms with Crippen LogP contribution in [0, 0.1) is 0 Å². The molecule has 1 aromatic carbocycles. The van der Waals surface area contributed by atoms with Gasteiger partial charge < -0.3 is 14.8 Å². The molecule has 5 nitrogen and oxygen atoms in total. The molecule has 0 unspecified atom stereocenters. The monoisotopic (exact) mass is 218 g/mol. The van der Waals surface area contributed by atoms with E-state index in [2.05, 4.69) is 5.10 Å². The number of hydrogen-bond donors (Lipinski definition) is 2. The van der Waals surface area contributed by atoms with Crippen LogP contribution < -0.4 is 10.2 Å². The van der Waals surface area contributed by atoms with E-state index in [1.807, 2.05) is 18.2 Å². The van der Waals surface area contributed by atoms with E-state index >= 15 is 0 Å². The van der Waals surface area contributed by atoms with Gasteiger partial charge in [-0.2, -0.15) is 5.10 Å². The first-order chi connectivity index (χ1) is 7.70. The Morgan fingerprint density at radius 1 is 1.38 bits per heavy atom. The Hall–Kier alpha value is -1.79. The zero-order valence-corrected chi connectivity index (χ0v) is 8.74. The molecule has 0 bridgehead atoms. The highest BCUT2D eigenvalue weighted by Gasteiger charge is 2.13. The number of benzene rings is 1. The molecule has 2 rings (SSSR count). The predicted octanol–water partition coefficient (Wildman–Crippen LogP) is -0.439. The zero-order chi connectivity index (χ0) is 11.5. The Morgan fingerprint density at radius 3 is 2.81 bits per heavy atom. The van der Waals surface area contributed by atoms with Gasteiger partial charge in [-0.05, 0) is 12.1 Å². The number of rotatable bonds is 3. The van der Waals surface area contributed by atoms with Crippen molar-refractivity contribution >= 4 is 12.6 Å². The molecule has 2 N–H and O–H groups in total. The quantitative estimate of drug-likeness (QED) is 0.685. The second kappa shape index (κ2) is 4.38. The van der Waals surface area contributed by atoms with E-state index in [-0.39, 0.29) is 0 Å². The standard InChI is InChI=1S/C10H11BN2O3/c1-16-10-4-2-3-9(5-10)13-7-8(6-12-13)11(14)15/h2-7,14-15H,1H3. The van der Waals surface area contributed by atoms with Gasteiger partial charge in [0.25, 0.3) is 0 Å². The summed E-state index contributed by atoms with van der Waals surface area (Å²) in [6, 6.07) is 7.32. The molecule has 0 radical (unpaired) electrons. The van der Waals surface area contributed by atoms with Crippen molar-refractivity contribution in [2.75, 3.05) is 7.11 Å². The molecule has 0 aliphatic carbocycles. The van der Waals surface area contributed by atoms with Gasteiger partial charge >= 0.3 is 7.12 Å². The molecule has 6 heteroatoms. The summed E-state index contributed by atoms with van der Waals surface area (Å²) >= 11 is 0. The maximum Gasteiger partial charge on any atom is 0.491 e. The fourth-order valence-electron chi connectivity index (χ4n) is 1.36. The number of aromatic nitrogens is 2. The highest BCUT2D eigenvalue weighted by molar-refractivity contribution is 6.58. The summed E-state index contributed by atoms with van der Waals surface area (Å²) < 4.78 is 6.64. The molecule has 1 heterocycles. The van der Waals surface area contributed by atoms with Crippen LogP contribution in [0.4, 0.5) is 0 Å². The van der Waals surface area contributed by atoms with Gasteiger partial charge in [0.05, 0.1) is 12.8 Å². The van der Waals surface area contributed by atoms with Gasteiger partial charge in [-0.15, -0.1) is 0 Å². The average Bonchev–Trinajstić information content (AvgIpc) is 2.78. The first kappa shape index (κ1) is 10.7. The Kier molecular flexibility index (Phi) is 2.94. The molecule has 0 aliphatic rings. The second-order valence-electron chi connectivity index (χ2n) is 3.29. The van der Waals surface area contributed by atoms with Crippen LogP contribution in [0.2, 0.25) is 0 Å². The minimum atomic E-state index is -1.50. The molecular weight excluding hydrogens is 207 g/mol. The molecule has 0 atom stereocenters. The summed E-state index contributed by atoms with van der Waals surface area (Å²) in [4.78, 5) is 0. The first-order valence-electron chi connectivity index (χ1n) is 4.76. The third-order valence-corrected chi connectivity index (χ3v) is 2.22. The molecule has 0 amide bonds. The van der Waals surface area contributed by atoms with Crippen LogP contribution in [0.15, 0.2) is 36.7 Å². The molecule has 0 saturated carbocycles. The lowest BCUT2D eigenvalue weighted by Crippen LogP contribution is -2.28. The van der Waals surface area contributed by atoms with E-state index in [9.17, 15) is 0 Å². The fraction of sp³-hybridized carbons (Fsp3) is 0.100. The lowest BCUT2D eigenvalue weighted by atomic mass is 9.83. The van der Waals surface area contributed by atoms with E-state index in [0.717, 1.165) is 11.4 Å². The van der Waals surface area contributed by atoms with Crippen LogP contribution in [-0.4, -0.2) is 34.1 Å². The molecular formula is C10H11BN2O3. The van der Waals surface area contributed by atoms with Crippen LogP contribution >= 0.6 is 0 Å². The molecule has 82 valence electrons.